The molecule has 6 heteroatoms. The lowest BCUT2D eigenvalue weighted by Gasteiger charge is -2.39. The van der Waals surface area contributed by atoms with E-state index in [0.717, 1.165) is 28.2 Å². The van der Waals surface area contributed by atoms with Crippen molar-refractivity contribution in [3.05, 3.63) is 59.2 Å². The Balaban J connectivity index is 1.94. The van der Waals surface area contributed by atoms with E-state index in [4.69, 9.17) is 20.6 Å². The summed E-state index contributed by atoms with van der Waals surface area (Å²) in [5, 5.41) is 18.8. The molecule has 138 valence electrons. The molecule has 0 saturated heterocycles. The molecule has 0 amide bonds. The number of nitrogens with one attached hydrogen (secondary N) is 1. The van der Waals surface area contributed by atoms with Crippen LogP contribution in [0, 0.1) is 5.41 Å². The third kappa shape index (κ3) is 3.46. The van der Waals surface area contributed by atoms with Crippen LogP contribution < -0.4 is 15.2 Å². The number of aliphatic hydroxyl groups excluding tert-OH is 1. The molecule has 2 aromatic carbocycles. The van der Waals surface area contributed by atoms with Crippen molar-refractivity contribution in [3.8, 4) is 11.5 Å². The zero-order chi connectivity index (χ0) is 18.7. The van der Waals surface area contributed by atoms with Crippen LogP contribution in [0.15, 0.2) is 42.5 Å². The Morgan fingerprint density at radius 3 is 2.19 bits per heavy atom. The summed E-state index contributed by atoms with van der Waals surface area (Å²) in [7, 11) is 3.26. The van der Waals surface area contributed by atoms with Crippen molar-refractivity contribution >= 4 is 5.96 Å². The lowest BCUT2D eigenvalue weighted by Crippen LogP contribution is -2.52. The van der Waals surface area contributed by atoms with Gasteiger partial charge in [0.1, 0.15) is 11.5 Å². The third-order valence-electron chi connectivity index (χ3n) is 4.96. The van der Waals surface area contributed by atoms with E-state index in [-0.39, 0.29) is 12.0 Å². The number of guanidine groups is 1. The van der Waals surface area contributed by atoms with Crippen LogP contribution in [0.4, 0.5) is 0 Å². The maximum atomic E-state index is 10.8. The second-order valence-electron chi connectivity index (χ2n) is 6.47. The maximum absolute atomic E-state index is 10.8. The third-order valence-corrected chi connectivity index (χ3v) is 4.96. The lowest BCUT2D eigenvalue weighted by atomic mass is 9.84. The minimum Gasteiger partial charge on any atom is -0.496 e. The molecule has 0 spiro atoms. The van der Waals surface area contributed by atoms with Crippen molar-refractivity contribution in [3.63, 3.8) is 0 Å². The first kappa shape index (κ1) is 18.1. The molecule has 0 aliphatic heterocycles. The summed E-state index contributed by atoms with van der Waals surface area (Å²) in [6.07, 6.45) is 0.304. The number of rotatable bonds is 5. The van der Waals surface area contributed by atoms with Gasteiger partial charge in [-0.05, 0) is 24.1 Å². The molecular weight excluding hydrogens is 330 g/mol. The molecule has 2 aromatic rings. The van der Waals surface area contributed by atoms with E-state index in [0.29, 0.717) is 19.4 Å². The van der Waals surface area contributed by atoms with E-state index in [1.54, 1.807) is 19.1 Å². The minimum atomic E-state index is -0.656. The van der Waals surface area contributed by atoms with Gasteiger partial charge in [0.05, 0.1) is 26.4 Å². The van der Waals surface area contributed by atoms with Crippen molar-refractivity contribution in [2.75, 3.05) is 14.2 Å². The zero-order valence-electron chi connectivity index (χ0n) is 15.1. The van der Waals surface area contributed by atoms with Crippen LogP contribution in [0.3, 0.4) is 0 Å². The Hall–Kier alpha value is -2.73. The van der Waals surface area contributed by atoms with Crippen LogP contribution >= 0.6 is 0 Å². The Labute approximate surface area is 153 Å². The highest BCUT2D eigenvalue weighted by Gasteiger charge is 2.35. The predicted molar refractivity (Wildman–Crippen MR) is 101 cm³/mol. The molecule has 2 atom stereocenters. The average molecular weight is 355 g/mol. The molecule has 3 rings (SSSR count). The Morgan fingerprint density at radius 2 is 1.65 bits per heavy atom. The molecule has 6 nitrogen and oxygen atoms in total. The highest BCUT2D eigenvalue weighted by Crippen LogP contribution is 2.37. The average Bonchev–Trinajstić information content (AvgIpc) is 2.65. The van der Waals surface area contributed by atoms with Crippen LogP contribution in [0.5, 0.6) is 11.5 Å². The summed E-state index contributed by atoms with van der Waals surface area (Å²) in [4.78, 5) is 1.75. The molecular formula is C20H25N3O3. The molecule has 0 heterocycles. The second kappa shape index (κ2) is 7.66. The highest BCUT2D eigenvalue weighted by atomic mass is 16.5. The number of hydrogen-bond acceptors (Lipinski definition) is 4. The van der Waals surface area contributed by atoms with Crippen molar-refractivity contribution in [1.29, 1.82) is 5.41 Å². The molecule has 0 radical (unpaired) electrons. The minimum absolute atomic E-state index is 0.0526. The van der Waals surface area contributed by atoms with Crippen molar-refractivity contribution in [2.45, 2.75) is 31.5 Å². The highest BCUT2D eigenvalue weighted by molar-refractivity contribution is 5.75. The van der Waals surface area contributed by atoms with Gasteiger partial charge < -0.3 is 25.2 Å². The summed E-state index contributed by atoms with van der Waals surface area (Å²) in [6, 6.07) is 13.3. The number of fused-ring (bicyclic) bond motifs is 1. The van der Waals surface area contributed by atoms with Gasteiger partial charge in [0.25, 0.3) is 0 Å². The molecule has 0 saturated carbocycles. The monoisotopic (exact) mass is 355 g/mol. The quantitative estimate of drug-likeness (QED) is 0.563. The SMILES string of the molecule is COc1ccc(OC)c2c1CC(O)C(N(Cc1ccccc1)C(=N)N)C2. The van der Waals surface area contributed by atoms with Gasteiger partial charge in [-0.3, -0.25) is 5.41 Å². The fraction of sp³-hybridized carbons (Fsp3) is 0.350. The second-order valence-corrected chi connectivity index (χ2v) is 6.47. The van der Waals surface area contributed by atoms with Crippen molar-refractivity contribution in [2.24, 2.45) is 5.73 Å². The molecule has 2 unspecified atom stereocenters. The summed E-state index contributed by atoms with van der Waals surface area (Å²) < 4.78 is 11.0. The van der Waals surface area contributed by atoms with Crippen LogP contribution in [-0.2, 0) is 19.4 Å². The van der Waals surface area contributed by atoms with Gasteiger partial charge in [0.15, 0.2) is 5.96 Å². The molecule has 4 N–H and O–H groups in total. The topological polar surface area (TPSA) is 91.8 Å². The fourth-order valence-corrected chi connectivity index (χ4v) is 3.65. The van der Waals surface area contributed by atoms with Crippen LogP contribution in [-0.4, -0.2) is 42.3 Å². The van der Waals surface area contributed by atoms with Crippen LogP contribution in [0.25, 0.3) is 0 Å². The van der Waals surface area contributed by atoms with Gasteiger partial charge in [0, 0.05) is 24.1 Å². The Bertz CT molecular complexity index is 779. The van der Waals surface area contributed by atoms with Gasteiger partial charge >= 0.3 is 0 Å². The smallest absolute Gasteiger partial charge is 0.189 e. The first-order valence-electron chi connectivity index (χ1n) is 8.60. The Kier molecular flexibility index (Phi) is 5.32. The number of ether oxygens (including phenoxy) is 2. The summed E-state index contributed by atoms with van der Waals surface area (Å²) >= 11 is 0. The van der Waals surface area contributed by atoms with Crippen LogP contribution in [0.1, 0.15) is 16.7 Å². The van der Waals surface area contributed by atoms with E-state index in [1.165, 1.54) is 0 Å². The number of hydrogen-bond donors (Lipinski definition) is 3. The molecule has 1 aliphatic carbocycles. The largest absolute Gasteiger partial charge is 0.496 e. The summed E-state index contributed by atoms with van der Waals surface area (Å²) in [6.45, 7) is 0.472. The van der Waals surface area contributed by atoms with Crippen molar-refractivity contribution < 1.29 is 14.6 Å². The van der Waals surface area contributed by atoms with E-state index in [1.807, 2.05) is 42.5 Å². The van der Waals surface area contributed by atoms with Gasteiger partial charge in [-0.15, -0.1) is 0 Å². The molecule has 0 bridgehead atoms. The van der Waals surface area contributed by atoms with Gasteiger partial charge in [-0.25, -0.2) is 0 Å². The fourth-order valence-electron chi connectivity index (χ4n) is 3.65. The number of nitrogens with two attached hydrogens (primary N) is 1. The predicted octanol–water partition coefficient (Wildman–Crippen LogP) is 1.93. The van der Waals surface area contributed by atoms with E-state index < -0.39 is 6.10 Å². The van der Waals surface area contributed by atoms with Crippen LogP contribution in [0.2, 0.25) is 0 Å². The summed E-state index contributed by atoms with van der Waals surface area (Å²) in [5.74, 6) is 1.46. The number of aliphatic hydroxyl groups is 1. The van der Waals surface area contributed by atoms with Gasteiger partial charge in [-0.2, -0.15) is 0 Å². The molecule has 1 aliphatic rings. The van der Waals surface area contributed by atoms with Gasteiger partial charge in [0.2, 0.25) is 0 Å². The summed E-state index contributed by atoms with van der Waals surface area (Å²) in [5.41, 5.74) is 8.87. The molecule has 26 heavy (non-hydrogen) atoms. The first-order chi connectivity index (χ1) is 12.5. The van der Waals surface area contributed by atoms with E-state index in [2.05, 4.69) is 0 Å². The first-order valence-corrected chi connectivity index (χ1v) is 8.60. The lowest BCUT2D eigenvalue weighted by molar-refractivity contribution is 0.0713. The maximum Gasteiger partial charge on any atom is 0.189 e. The zero-order valence-corrected chi connectivity index (χ0v) is 15.1. The number of benzene rings is 2. The Morgan fingerprint density at radius 1 is 1.08 bits per heavy atom. The number of nitrogens with zero attached hydrogens (tertiary/aromatic N) is 1. The van der Waals surface area contributed by atoms with Gasteiger partial charge in [-0.1, -0.05) is 30.3 Å². The number of methoxy groups -OCH3 is 2. The van der Waals surface area contributed by atoms with E-state index >= 15 is 0 Å². The molecule has 0 aromatic heterocycles. The standard InChI is InChI=1S/C20H25N3O3/c1-25-18-8-9-19(26-2)15-11-17(24)16(10-14(15)18)23(20(21)22)12-13-6-4-3-5-7-13/h3-9,16-17,24H,10-12H2,1-2H3,(H3,21,22). The normalized spacial score (nSPS) is 18.7. The molecule has 0 fully saturated rings. The van der Waals surface area contributed by atoms with E-state index in [9.17, 15) is 5.11 Å². The van der Waals surface area contributed by atoms with Crippen molar-refractivity contribution in [1.82, 2.24) is 4.90 Å².